The van der Waals surface area contributed by atoms with E-state index in [2.05, 4.69) is 4.18 Å². The third-order valence-electron chi connectivity index (χ3n) is 1.40. The Labute approximate surface area is 68.3 Å². The van der Waals surface area contributed by atoms with Gasteiger partial charge in [0.25, 0.3) is 10.1 Å². The normalized spacial score (nSPS) is 15.4. The molecule has 0 aromatic heterocycles. The maximum Gasteiger partial charge on any atom is 0.264 e. The molecule has 0 bridgehead atoms. The smallest absolute Gasteiger partial charge is 0.264 e. The second kappa shape index (κ2) is 4.04. The van der Waals surface area contributed by atoms with Gasteiger partial charge in [-0.05, 0) is 21.0 Å². The van der Waals surface area contributed by atoms with E-state index in [9.17, 15) is 8.42 Å². The first kappa shape index (κ1) is 10.9. The molecule has 11 heavy (non-hydrogen) atoms. The third-order valence-corrected chi connectivity index (χ3v) is 1.97. The average Bonchev–Trinajstić information content (AvgIpc) is 1.80. The van der Waals surface area contributed by atoms with E-state index in [0.29, 0.717) is 0 Å². The summed E-state index contributed by atoms with van der Waals surface area (Å²) in [4.78, 5) is 1.89. The molecule has 0 N–H and O–H groups in total. The Morgan fingerprint density at radius 3 is 2.18 bits per heavy atom. The van der Waals surface area contributed by atoms with Crippen LogP contribution in [0.5, 0.6) is 0 Å². The van der Waals surface area contributed by atoms with Gasteiger partial charge in [-0.3, -0.25) is 4.18 Å². The first-order valence-corrected chi connectivity index (χ1v) is 5.15. The number of likely N-dealkylation sites (N-methyl/N-ethyl adjacent to an activating group) is 1. The highest BCUT2D eigenvalue weighted by molar-refractivity contribution is 7.85. The van der Waals surface area contributed by atoms with Crippen LogP contribution >= 0.6 is 0 Å². The zero-order valence-corrected chi connectivity index (χ0v) is 8.18. The van der Waals surface area contributed by atoms with Crippen LogP contribution in [0.3, 0.4) is 0 Å². The predicted octanol–water partition coefficient (Wildman–Crippen LogP) is -0.0873. The maximum absolute atomic E-state index is 10.5. The molecule has 0 heterocycles. The molecule has 4 nitrogen and oxygen atoms in total. The van der Waals surface area contributed by atoms with Gasteiger partial charge in [0.2, 0.25) is 0 Å². The molecule has 0 aliphatic heterocycles. The lowest BCUT2D eigenvalue weighted by atomic mass is 10.3. The molecule has 0 saturated heterocycles. The maximum atomic E-state index is 10.5. The number of nitrogens with zero attached hydrogens (tertiary/aromatic N) is 1. The van der Waals surface area contributed by atoms with Crippen LogP contribution in [0.4, 0.5) is 0 Å². The SMILES string of the molecule is C[C@@H](COS(C)(=O)=O)N(C)C. The summed E-state index contributed by atoms with van der Waals surface area (Å²) >= 11 is 0. The van der Waals surface area contributed by atoms with Crippen LogP contribution in [0.15, 0.2) is 0 Å². The van der Waals surface area contributed by atoms with E-state index in [1.54, 1.807) is 0 Å². The van der Waals surface area contributed by atoms with E-state index in [4.69, 9.17) is 0 Å². The standard InChI is InChI=1S/C6H15NO3S/c1-6(7(2)3)5-10-11(4,8)9/h6H,5H2,1-4H3/t6-/m0/s1. The van der Waals surface area contributed by atoms with Gasteiger partial charge >= 0.3 is 0 Å². The fourth-order valence-corrected chi connectivity index (χ4v) is 0.815. The molecule has 0 fully saturated rings. The van der Waals surface area contributed by atoms with Gasteiger partial charge in [-0.2, -0.15) is 8.42 Å². The van der Waals surface area contributed by atoms with Crippen molar-refractivity contribution in [3.05, 3.63) is 0 Å². The van der Waals surface area contributed by atoms with Gasteiger partial charge in [-0.1, -0.05) is 0 Å². The lowest BCUT2D eigenvalue weighted by Gasteiger charge is -2.18. The van der Waals surface area contributed by atoms with Crippen LogP contribution in [0.25, 0.3) is 0 Å². The highest BCUT2D eigenvalue weighted by atomic mass is 32.2. The lowest BCUT2D eigenvalue weighted by molar-refractivity contribution is 0.204. The second-order valence-corrected chi connectivity index (χ2v) is 4.45. The van der Waals surface area contributed by atoms with Crippen molar-refractivity contribution in [1.82, 2.24) is 4.90 Å². The number of hydrogen-bond donors (Lipinski definition) is 0. The largest absolute Gasteiger partial charge is 0.304 e. The zero-order chi connectivity index (χ0) is 9.07. The molecule has 5 heteroatoms. The van der Waals surface area contributed by atoms with Crippen LogP contribution in [0.2, 0.25) is 0 Å². The van der Waals surface area contributed by atoms with E-state index in [1.165, 1.54) is 0 Å². The average molecular weight is 181 g/mol. The van der Waals surface area contributed by atoms with Gasteiger partial charge in [0.05, 0.1) is 12.9 Å². The van der Waals surface area contributed by atoms with E-state index in [1.807, 2.05) is 25.9 Å². The van der Waals surface area contributed by atoms with Crippen molar-refractivity contribution in [1.29, 1.82) is 0 Å². The number of hydrogen-bond acceptors (Lipinski definition) is 4. The molecule has 0 aromatic carbocycles. The molecule has 0 amide bonds. The summed E-state index contributed by atoms with van der Waals surface area (Å²) in [6.07, 6.45) is 1.05. The Hall–Kier alpha value is -0.130. The molecule has 0 rings (SSSR count). The predicted molar refractivity (Wildman–Crippen MR) is 43.9 cm³/mol. The molecule has 0 aliphatic carbocycles. The van der Waals surface area contributed by atoms with E-state index >= 15 is 0 Å². The van der Waals surface area contributed by atoms with Gasteiger partial charge in [-0.15, -0.1) is 0 Å². The summed E-state index contributed by atoms with van der Waals surface area (Å²) in [5.74, 6) is 0. The first-order chi connectivity index (χ1) is 4.83. The third kappa shape index (κ3) is 6.28. The van der Waals surface area contributed by atoms with Crippen molar-refractivity contribution in [2.24, 2.45) is 0 Å². The monoisotopic (exact) mass is 181 g/mol. The van der Waals surface area contributed by atoms with Crippen LogP contribution in [-0.4, -0.2) is 46.3 Å². The summed E-state index contributed by atoms with van der Waals surface area (Å²) in [6, 6.07) is 0.115. The molecular weight excluding hydrogens is 166 g/mol. The minimum Gasteiger partial charge on any atom is -0.304 e. The summed E-state index contributed by atoms with van der Waals surface area (Å²) in [5, 5.41) is 0. The molecule has 0 radical (unpaired) electrons. The molecule has 0 saturated carbocycles. The van der Waals surface area contributed by atoms with Gasteiger partial charge in [0.1, 0.15) is 0 Å². The Kier molecular flexibility index (Phi) is 3.99. The molecule has 0 unspecified atom stereocenters. The first-order valence-electron chi connectivity index (χ1n) is 3.34. The Bertz CT molecular complexity index is 198. The Morgan fingerprint density at radius 1 is 1.45 bits per heavy atom. The van der Waals surface area contributed by atoms with Crippen LogP contribution in [0.1, 0.15) is 6.92 Å². The van der Waals surface area contributed by atoms with Crippen molar-refractivity contribution in [3.8, 4) is 0 Å². The number of rotatable bonds is 4. The van der Waals surface area contributed by atoms with E-state index < -0.39 is 10.1 Å². The molecule has 68 valence electrons. The Balaban J connectivity index is 3.72. The van der Waals surface area contributed by atoms with Crippen LogP contribution < -0.4 is 0 Å². The van der Waals surface area contributed by atoms with E-state index in [-0.39, 0.29) is 12.6 Å². The Morgan fingerprint density at radius 2 is 1.91 bits per heavy atom. The van der Waals surface area contributed by atoms with Crippen molar-refractivity contribution in [2.45, 2.75) is 13.0 Å². The van der Waals surface area contributed by atoms with Crippen molar-refractivity contribution < 1.29 is 12.6 Å². The van der Waals surface area contributed by atoms with Gasteiger partial charge < -0.3 is 4.90 Å². The zero-order valence-electron chi connectivity index (χ0n) is 7.36. The van der Waals surface area contributed by atoms with Crippen LogP contribution in [-0.2, 0) is 14.3 Å². The molecule has 0 spiro atoms. The van der Waals surface area contributed by atoms with Crippen molar-refractivity contribution >= 4 is 10.1 Å². The highest BCUT2D eigenvalue weighted by Crippen LogP contribution is 1.95. The second-order valence-electron chi connectivity index (χ2n) is 2.80. The van der Waals surface area contributed by atoms with Crippen molar-refractivity contribution in [2.75, 3.05) is 27.0 Å². The summed E-state index contributed by atoms with van der Waals surface area (Å²) in [5.41, 5.74) is 0. The highest BCUT2D eigenvalue weighted by Gasteiger charge is 2.08. The molecular formula is C6H15NO3S. The molecule has 0 aromatic rings. The quantitative estimate of drug-likeness (QED) is 0.569. The van der Waals surface area contributed by atoms with Crippen LogP contribution in [0, 0.1) is 0 Å². The summed E-state index contributed by atoms with van der Waals surface area (Å²) < 4.78 is 25.6. The molecule has 0 aliphatic rings. The fourth-order valence-electron chi connectivity index (χ4n) is 0.371. The minimum absolute atomic E-state index is 0.115. The van der Waals surface area contributed by atoms with E-state index in [0.717, 1.165) is 6.26 Å². The van der Waals surface area contributed by atoms with Gasteiger partial charge in [0.15, 0.2) is 0 Å². The minimum atomic E-state index is -3.28. The molecule has 1 atom stereocenters. The fraction of sp³-hybridized carbons (Fsp3) is 1.00. The topological polar surface area (TPSA) is 46.6 Å². The summed E-state index contributed by atoms with van der Waals surface area (Å²) in [6.45, 7) is 2.11. The summed E-state index contributed by atoms with van der Waals surface area (Å²) in [7, 11) is 0.463. The lowest BCUT2D eigenvalue weighted by Crippen LogP contribution is -2.30. The van der Waals surface area contributed by atoms with Gasteiger partial charge in [-0.25, -0.2) is 0 Å². The van der Waals surface area contributed by atoms with Crippen molar-refractivity contribution in [3.63, 3.8) is 0 Å². The van der Waals surface area contributed by atoms with Gasteiger partial charge in [0, 0.05) is 6.04 Å².